The second-order valence-electron chi connectivity index (χ2n) is 9.30. The number of amides is 2. The van der Waals surface area contributed by atoms with Crippen LogP contribution >= 0.6 is 0 Å². The second-order valence-corrected chi connectivity index (χ2v) is 10.9. The van der Waals surface area contributed by atoms with Crippen molar-refractivity contribution in [3.63, 3.8) is 0 Å². The number of nitrogens with two attached hydrogens (primary N) is 2. The maximum absolute atomic E-state index is 13.7. The van der Waals surface area contributed by atoms with Gasteiger partial charge in [0.1, 0.15) is 27.7 Å². The summed E-state index contributed by atoms with van der Waals surface area (Å²) in [6.45, 7) is -0.502. The van der Waals surface area contributed by atoms with Gasteiger partial charge in [0.05, 0.1) is 11.2 Å². The molecule has 1 aromatic heterocycles. The molecular formula is C25H25N5O8S. The molecule has 0 spiro atoms. The second kappa shape index (κ2) is 9.94. The Hall–Kier alpha value is -4.59. The molecule has 5 rings (SSSR count). The third kappa shape index (κ3) is 5.36. The summed E-state index contributed by atoms with van der Waals surface area (Å²) in [7, 11) is -4.35. The number of rotatable bonds is 10. The van der Waals surface area contributed by atoms with Gasteiger partial charge in [0, 0.05) is 18.0 Å². The SMILES string of the molecule is NC(=O)COc1ccc2c(c1)S(=O)(=O)N=C(c1c(O)c3cc(OCC(N)=O)ccc3n(CCC3CC3)c1=O)N2. The van der Waals surface area contributed by atoms with Crippen LogP contribution in [0.1, 0.15) is 24.8 Å². The number of primary amides is 2. The third-order valence-electron chi connectivity index (χ3n) is 6.36. The van der Waals surface area contributed by atoms with Gasteiger partial charge in [-0.3, -0.25) is 14.4 Å². The number of nitrogens with one attached hydrogen (secondary N) is 1. The molecule has 1 saturated carbocycles. The minimum atomic E-state index is -4.35. The van der Waals surface area contributed by atoms with Gasteiger partial charge in [-0.05, 0) is 42.7 Å². The standard InChI is InChI=1S/C25H25N5O8S/c26-20(31)11-37-14-4-6-18-16(9-14)23(33)22(25(34)30(18)8-7-13-1-2-13)24-28-17-5-3-15(38-12-21(27)32)10-19(17)39(35,36)29-24/h3-6,9-10,13,33H,1-2,7-8,11-12H2,(H2,26,31)(H2,27,32)(H,28,29). The van der Waals surface area contributed by atoms with Crippen molar-refractivity contribution in [2.45, 2.75) is 30.7 Å². The summed E-state index contributed by atoms with van der Waals surface area (Å²) in [6, 6.07) is 8.56. The quantitative estimate of drug-likeness (QED) is 0.279. The summed E-state index contributed by atoms with van der Waals surface area (Å²) in [4.78, 5) is 35.6. The van der Waals surface area contributed by atoms with Crippen molar-refractivity contribution in [1.82, 2.24) is 4.57 Å². The maximum atomic E-state index is 13.7. The molecule has 2 amide bonds. The van der Waals surface area contributed by atoms with E-state index in [4.69, 9.17) is 20.9 Å². The van der Waals surface area contributed by atoms with E-state index in [1.54, 1.807) is 12.1 Å². The number of aromatic hydroxyl groups is 1. The van der Waals surface area contributed by atoms with Gasteiger partial charge in [-0.25, -0.2) is 0 Å². The highest BCUT2D eigenvalue weighted by molar-refractivity contribution is 7.90. The Morgan fingerprint density at radius 2 is 1.69 bits per heavy atom. The highest BCUT2D eigenvalue weighted by atomic mass is 32.2. The molecule has 0 saturated heterocycles. The Morgan fingerprint density at radius 1 is 1.05 bits per heavy atom. The topological polar surface area (TPSA) is 205 Å². The fourth-order valence-electron chi connectivity index (χ4n) is 4.31. The Kier molecular flexibility index (Phi) is 6.64. The summed E-state index contributed by atoms with van der Waals surface area (Å²) < 4.78 is 42.0. The van der Waals surface area contributed by atoms with Crippen molar-refractivity contribution in [3.8, 4) is 17.2 Å². The van der Waals surface area contributed by atoms with E-state index in [1.807, 2.05) is 0 Å². The fraction of sp³-hybridized carbons (Fsp3) is 0.280. The number of anilines is 1. The first kappa shape index (κ1) is 26.0. The van der Waals surface area contributed by atoms with Crippen LogP contribution in [0.15, 0.2) is 50.5 Å². The average molecular weight is 556 g/mol. The number of fused-ring (bicyclic) bond motifs is 2. The van der Waals surface area contributed by atoms with Gasteiger partial charge in [0.25, 0.3) is 27.4 Å². The van der Waals surface area contributed by atoms with Crippen molar-refractivity contribution >= 4 is 44.3 Å². The van der Waals surface area contributed by atoms with Crippen LogP contribution in [0.5, 0.6) is 17.2 Å². The molecule has 1 fully saturated rings. The zero-order valence-corrected chi connectivity index (χ0v) is 21.4. The van der Waals surface area contributed by atoms with E-state index in [0.29, 0.717) is 18.0 Å². The first-order valence-electron chi connectivity index (χ1n) is 12.0. The molecule has 14 heteroatoms. The van der Waals surface area contributed by atoms with Crippen LogP contribution in [0.25, 0.3) is 10.9 Å². The van der Waals surface area contributed by atoms with E-state index in [-0.39, 0.29) is 38.9 Å². The van der Waals surface area contributed by atoms with Crippen molar-refractivity contribution in [2.75, 3.05) is 18.5 Å². The maximum Gasteiger partial charge on any atom is 0.286 e. The van der Waals surface area contributed by atoms with E-state index < -0.39 is 46.4 Å². The van der Waals surface area contributed by atoms with Crippen molar-refractivity contribution in [1.29, 1.82) is 0 Å². The monoisotopic (exact) mass is 555 g/mol. The van der Waals surface area contributed by atoms with Gasteiger partial charge in [-0.15, -0.1) is 4.40 Å². The first-order chi connectivity index (χ1) is 18.5. The molecule has 0 atom stereocenters. The summed E-state index contributed by atoms with van der Waals surface area (Å²) in [6.07, 6.45) is 2.86. The number of aromatic nitrogens is 1. The predicted molar refractivity (Wildman–Crippen MR) is 140 cm³/mol. The zero-order chi connectivity index (χ0) is 27.9. The number of amidine groups is 1. The number of sulfonamides is 1. The molecule has 2 heterocycles. The Labute approximate surface area is 222 Å². The number of pyridine rings is 1. The van der Waals surface area contributed by atoms with Crippen LogP contribution in [-0.4, -0.2) is 49.0 Å². The van der Waals surface area contributed by atoms with E-state index in [2.05, 4.69) is 9.71 Å². The number of benzene rings is 2. The lowest BCUT2D eigenvalue weighted by Crippen LogP contribution is -2.33. The molecule has 204 valence electrons. The predicted octanol–water partition coefficient (Wildman–Crippen LogP) is 0.796. The smallest absolute Gasteiger partial charge is 0.286 e. The molecule has 2 aromatic carbocycles. The van der Waals surface area contributed by atoms with Gasteiger partial charge in [-0.1, -0.05) is 12.8 Å². The Balaban J connectivity index is 1.61. The molecule has 0 radical (unpaired) electrons. The molecule has 6 N–H and O–H groups in total. The molecule has 1 aliphatic carbocycles. The van der Waals surface area contributed by atoms with Gasteiger partial charge < -0.3 is 35.9 Å². The van der Waals surface area contributed by atoms with Crippen LogP contribution < -0.4 is 31.8 Å². The summed E-state index contributed by atoms with van der Waals surface area (Å²) in [5.41, 5.74) is 9.76. The minimum Gasteiger partial charge on any atom is -0.506 e. The normalized spacial score (nSPS) is 15.6. The molecule has 0 unspecified atom stereocenters. The molecule has 3 aromatic rings. The van der Waals surface area contributed by atoms with Crippen LogP contribution in [0.3, 0.4) is 0 Å². The van der Waals surface area contributed by atoms with Gasteiger partial charge in [-0.2, -0.15) is 8.42 Å². The molecular weight excluding hydrogens is 530 g/mol. The van der Waals surface area contributed by atoms with Gasteiger partial charge >= 0.3 is 0 Å². The lowest BCUT2D eigenvalue weighted by molar-refractivity contribution is -0.120. The summed E-state index contributed by atoms with van der Waals surface area (Å²) in [5, 5.41) is 14.3. The zero-order valence-electron chi connectivity index (χ0n) is 20.5. The Morgan fingerprint density at radius 3 is 2.33 bits per heavy atom. The third-order valence-corrected chi connectivity index (χ3v) is 7.68. The van der Waals surface area contributed by atoms with Gasteiger partial charge in [0.2, 0.25) is 0 Å². The molecule has 39 heavy (non-hydrogen) atoms. The van der Waals surface area contributed by atoms with Crippen molar-refractivity contribution in [2.24, 2.45) is 21.8 Å². The first-order valence-corrected chi connectivity index (χ1v) is 13.5. The fourth-order valence-corrected chi connectivity index (χ4v) is 5.45. The highest BCUT2D eigenvalue weighted by Gasteiger charge is 2.31. The van der Waals surface area contributed by atoms with Gasteiger partial charge in [0.15, 0.2) is 19.0 Å². The average Bonchev–Trinajstić information content (AvgIpc) is 3.70. The number of carbonyl (C=O) groups excluding carboxylic acids is 2. The van der Waals surface area contributed by atoms with Crippen LogP contribution in [0.2, 0.25) is 0 Å². The van der Waals surface area contributed by atoms with E-state index in [9.17, 15) is 27.9 Å². The molecule has 13 nitrogen and oxygen atoms in total. The van der Waals surface area contributed by atoms with E-state index >= 15 is 0 Å². The lowest BCUT2D eigenvalue weighted by atomic mass is 10.1. The number of nitrogens with zero attached hydrogens (tertiary/aromatic N) is 2. The van der Waals surface area contributed by atoms with Crippen LogP contribution in [-0.2, 0) is 26.2 Å². The van der Waals surface area contributed by atoms with E-state index in [1.165, 1.54) is 28.8 Å². The van der Waals surface area contributed by atoms with Crippen molar-refractivity contribution in [3.05, 3.63) is 52.3 Å². The summed E-state index contributed by atoms with van der Waals surface area (Å²) >= 11 is 0. The minimum absolute atomic E-state index is 0.0797. The number of hydrogen-bond acceptors (Lipinski definition) is 9. The Bertz CT molecular complexity index is 1710. The highest BCUT2D eigenvalue weighted by Crippen LogP contribution is 2.36. The van der Waals surface area contributed by atoms with Crippen molar-refractivity contribution < 1.29 is 32.6 Å². The van der Waals surface area contributed by atoms with E-state index in [0.717, 1.165) is 19.3 Å². The number of carbonyl (C=O) groups is 2. The molecule has 0 bridgehead atoms. The molecule has 2 aliphatic rings. The summed E-state index contributed by atoms with van der Waals surface area (Å²) in [5.74, 6) is -1.50. The van der Waals surface area contributed by atoms with Crippen LogP contribution in [0, 0.1) is 5.92 Å². The lowest BCUT2D eigenvalue weighted by Gasteiger charge is -2.21. The van der Waals surface area contributed by atoms with Crippen LogP contribution in [0.4, 0.5) is 5.69 Å². The molecule has 1 aliphatic heterocycles. The number of ether oxygens (including phenoxy) is 2. The largest absolute Gasteiger partial charge is 0.506 e. The number of aryl methyl sites for hydroxylation is 1. The number of hydrogen-bond donors (Lipinski definition) is 4.